The lowest BCUT2D eigenvalue weighted by atomic mass is 10.0. The number of amides is 1. The van der Waals surface area contributed by atoms with E-state index in [1.165, 1.54) is 11.9 Å². The molecule has 0 bridgehead atoms. The number of nitrogens with zero attached hydrogens (tertiary/aromatic N) is 2. The lowest BCUT2D eigenvalue weighted by Crippen LogP contribution is -2.27. The number of aliphatic hydroxyl groups is 1. The molecular formula is C20H17N3O2S. The van der Waals surface area contributed by atoms with Gasteiger partial charge >= 0.3 is 0 Å². The maximum atomic E-state index is 12.7. The fourth-order valence-electron chi connectivity index (χ4n) is 3.02. The van der Waals surface area contributed by atoms with E-state index in [4.69, 9.17) is 0 Å². The van der Waals surface area contributed by atoms with Gasteiger partial charge in [0, 0.05) is 23.7 Å². The lowest BCUT2D eigenvalue weighted by molar-refractivity contribution is -0.113. The fraction of sp³-hybridized carbons (Fsp3) is 0.100. The molecule has 0 saturated carbocycles. The summed E-state index contributed by atoms with van der Waals surface area (Å²) in [6, 6.07) is 15.4. The van der Waals surface area contributed by atoms with Crippen LogP contribution in [-0.4, -0.2) is 27.4 Å². The minimum absolute atomic E-state index is 0.0304. The summed E-state index contributed by atoms with van der Waals surface area (Å²) in [4.78, 5) is 17.8. The minimum Gasteiger partial charge on any atom is -0.505 e. The van der Waals surface area contributed by atoms with Gasteiger partial charge in [0.05, 0.1) is 0 Å². The molecular weight excluding hydrogens is 346 g/mol. The summed E-state index contributed by atoms with van der Waals surface area (Å²) >= 11 is 1.43. The molecule has 4 rings (SSSR count). The lowest BCUT2D eigenvalue weighted by Gasteiger charge is -2.28. The molecule has 0 saturated heterocycles. The highest BCUT2D eigenvalue weighted by Gasteiger charge is 2.29. The Balaban J connectivity index is 1.76. The molecule has 3 aromatic rings. The van der Waals surface area contributed by atoms with Gasteiger partial charge in [-0.3, -0.25) is 4.79 Å². The van der Waals surface area contributed by atoms with E-state index >= 15 is 0 Å². The Morgan fingerprint density at radius 2 is 2.00 bits per heavy atom. The average Bonchev–Trinajstić information content (AvgIpc) is 2.61. The van der Waals surface area contributed by atoms with Crippen LogP contribution >= 0.6 is 11.9 Å². The Kier molecular flexibility index (Phi) is 4.05. The van der Waals surface area contributed by atoms with Gasteiger partial charge in [-0.15, -0.1) is 0 Å². The van der Waals surface area contributed by atoms with Crippen LogP contribution in [0, 0.1) is 6.92 Å². The number of fused-ring (bicyclic) bond motifs is 3. The van der Waals surface area contributed by atoms with Crippen LogP contribution < -0.4 is 5.32 Å². The molecule has 0 atom stereocenters. The van der Waals surface area contributed by atoms with Crippen molar-refractivity contribution < 1.29 is 9.90 Å². The quantitative estimate of drug-likeness (QED) is 0.662. The Morgan fingerprint density at radius 3 is 2.81 bits per heavy atom. The molecule has 5 nitrogen and oxygen atoms in total. The number of benzene rings is 2. The molecule has 0 spiro atoms. The molecule has 0 aliphatic carbocycles. The van der Waals surface area contributed by atoms with Crippen LogP contribution in [0.15, 0.2) is 65.3 Å². The molecule has 130 valence electrons. The molecule has 0 radical (unpaired) electrons. The molecule has 2 N–H and O–H groups in total. The van der Waals surface area contributed by atoms with E-state index in [1.807, 2.05) is 49.4 Å². The Morgan fingerprint density at radius 1 is 1.19 bits per heavy atom. The van der Waals surface area contributed by atoms with Crippen LogP contribution in [0.2, 0.25) is 0 Å². The van der Waals surface area contributed by atoms with Crippen molar-refractivity contribution in [2.45, 2.75) is 11.8 Å². The standard InChI is InChI=1S/C20H17N3O2S/c1-12-9-10-21-16(11-12)22-20(25)17-18(24)15-8-7-13-5-3-4-6-14(13)19(15)26-23(17)2/h3-11,24H,1-2H3,(H,21,22,25). The number of carbonyl (C=O) groups is 1. The second kappa shape index (κ2) is 6.38. The van der Waals surface area contributed by atoms with Gasteiger partial charge in [0.15, 0.2) is 11.5 Å². The highest BCUT2D eigenvalue weighted by Crippen LogP contribution is 2.42. The number of hydrogen-bond acceptors (Lipinski definition) is 5. The van der Waals surface area contributed by atoms with Crippen molar-refractivity contribution in [3.8, 4) is 0 Å². The third-order valence-electron chi connectivity index (χ3n) is 4.27. The normalized spacial score (nSPS) is 13.7. The number of carbonyl (C=O) groups excluding carboxylic acids is 1. The average molecular weight is 363 g/mol. The van der Waals surface area contributed by atoms with Crippen molar-refractivity contribution in [2.24, 2.45) is 0 Å². The number of pyridine rings is 1. The van der Waals surface area contributed by atoms with E-state index in [0.717, 1.165) is 21.2 Å². The van der Waals surface area contributed by atoms with Crippen LogP contribution in [0.3, 0.4) is 0 Å². The van der Waals surface area contributed by atoms with E-state index in [1.54, 1.807) is 23.6 Å². The predicted octanol–water partition coefficient (Wildman–Crippen LogP) is 4.36. The zero-order chi connectivity index (χ0) is 18.3. The summed E-state index contributed by atoms with van der Waals surface area (Å²) in [5.74, 6) is 0.0320. The molecule has 1 aliphatic heterocycles. The van der Waals surface area contributed by atoms with E-state index < -0.39 is 5.91 Å². The summed E-state index contributed by atoms with van der Waals surface area (Å²) in [5.41, 5.74) is 1.87. The van der Waals surface area contributed by atoms with Gasteiger partial charge in [0.1, 0.15) is 5.82 Å². The fourth-order valence-corrected chi connectivity index (χ4v) is 4.10. The van der Waals surface area contributed by atoms with Crippen molar-refractivity contribution in [3.63, 3.8) is 0 Å². The smallest absolute Gasteiger partial charge is 0.277 e. The van der Waals surface area contributed by atoms with Crippen molar-refractivity contribution in [3.05, 3.63) is 71.6 Å². The first kappa shape index (κ1) is 16.5. The van der Waals surface area contributed by atoms with Crippen molar-refractivity contribution in [1.29, 1.82) is 0 Å². The van der Waals surface area contributed by atoms with Gasteiger partial charge in [0.2, 0.25) is 0 Å². The number of aliphatic hydroxyl groups excluding tert-OH is 1. The van der Waals surface area contributed by atoms with Crippen LogP contribution in [0.4, 0.5) is 5.82 Å². The Bertz CT molecular complexity index is 1060. The van der Waals surface area contributed by atoms with E-state index in [0.29, 0.717) is 11.4 Å². The molecule has 1 aromatic heterocycles. The number of nitrogens with one attached hydrogen (secondary N) is 1. The second-order valence-electron chi connectivity index (χ2n) is 6.12. The maximum absolute atomic E-state index is 12.7. The molecule has 6 heteroatoms. The molecule has 2 heterocycles. The Hall–Kier alpha value is -2.99. The molecule has 26 heavy (non-hydrogen) atoms. The van der Waals surface area contributed by atoms with E-state index in [2.05, 4.69) is 10.3 Å². The Labute approximate surface area is 155 Å². The monoisotopic (exact) mass is 363 g/mol. The van der Waals surface area contributed by atoms with Crippen LogP contribution in [-0.2, 0) is 4.79 Å². The SMILES string of the molecule is Cc1ccnc(NC(=O)C2=C(O)c3ccc4ccccc4c3SN2C)c1. The number of likely N-dealkylation sites (N-methyl/N-ethyl adjacent to an activating group) is 1. The highest BCUT2D eigenvalue weighted by molar-refractivity contribution is 7.97. The van der Waals surface area contributed by atoms with Crippen molar-refractivity contribution in [1.82, 2.24) is 9.29 Å². The topological polar surface area (TPSA) is 65.5 Å². The summed E-state index contributed by atoms with van der Waals surface area (Å²) in [7, 11) is 1.77. The number of anilines is 1. The zero-order valence-electron chi connectivity index (χ0n) is 14.4. The number of aryl methyl sites for hydroxylation is 1. The molecule has 0 unspecified atom stereocenters. The number of rotatable bonds is 2. The summed E-state index contributed by atoms with van der Waals surface area (Å²) in [6.07, 6.45) is 1.64. The van der Waals surface area contributed by atoms with Gasteiger partial charge in [0.25, 0.3) is 5.91 Å². The van der Waals surface area contributed by atoms with Gasteiger partial charge in [-0.2, -0.15) is 0 Å². The first-order valence-electron chi connectivity index (χ1n) is 8.15. The zero-order valence-corrected chi connectivity index (χ0v) is 15.2. The minimum atomic E-state index is -0.394. The number of hydrogen-bond donors (Lipinski definition) is 2. The highest BCUT2D eigenvalue weighted by atomic mass is 32.2. The predicted molar refractivity (Wildman–Crippen MR) is 105 cm³/mol. The van der Waals surface area contributed by atoms with Crippen LogP contribution in [0.25, 0.3) is 16.5 Å². The van der Waals surface area contributed by atoms with E-state index in [9.17, 15) is 9.90 Å². The summed E-state index contributed by atoms with van der Waals surface area (Å²) < 4.78 is 1.69. The van der Waals surface area contributed by atoms with Gasteiger partial charge in [-0.1, -0.05) is 30.3 Å². The van der Waals surface area contributed by atoms with Gasteiger partial charge in [-0.05, 0) is 53.4 Å². The third kappa shape index (κ3) is 2.78. The first-order chi connectivity index (χ1) is 12.5. The van der Waals surface area contributed by atoms with Crippen LogP contribution in [0.5, 0.6) is 0 Å². The van der Waals surface area contributed by atoms with Gasteiger partial charge in [-0.25, -0.2) is 4.98 Å². The maximum Gasteiger partial charge on any atom is 0.277 e. The van der Waals surface area contributed by atoms with Crippen LogP contribution in [0.1, 0.15) is 11.1 Å². The first-order valence-corrected chi connectivity index (χ1v) is 8.93. The third-order valence-corrected chi connectivity index (χ3v) is 5.35. The second-order valence-corrected chi connectivity index (χ2v) is 7.26. The van der Waals surface area contributed by atoms with E-state index in [-0.39, 0.29) is 11.5 Å². The molecule has 0 fully saturated rings. The molecule has 1 aliphatic rings. The van der Waals surface area contributed by atoms with Gasteiger partial charge < -0.3 is 14.7 Å². The van der Waals surface area contributed by atoms with Crippen molar-refractivity contribution >= 4 is 40.2 Å². The molecule has 1 amide bonds. The summed E-state index contributed by atoms with van der Waals surface area (Å²) in [6.45, 7) is 1.93. The number of aromatic nitrogens is 1. The largest absolute Gasteiger partial charge is 0.505 e. The van der Waals surface area contributed by atoms with Crippen molar-refractivity contribution in [2.75, 3.05) is 12.4 Å². The summed E-state index contributed by atoms with van der Waals surface area (Å²) in [5, 5.41) is 15.7. The molecule has 2 aromatic carbocycles.